The average molecular weight is 1540 g/mol. The Bertz CT molecular complexity index is 2010. The topological polar surface area (TPSA) is 237 Å². The Morgan fingerprint density at radius 3 is 0.648 bits per heavy atom. The summed E-state index contributed by atoms with van der Waals surface area (Å²) in [5, 5.41) is 10.7. The van der Waals surface area contributed by atoms with Crippen LogP contribution in [0.5, 0.6) is 0 Å². The number of phosphoric ester groups is 2. The first kappa shape index (κ1) is 103. The number of phosphoric acid groups is 2. The molecule has 0 saturated carbocycles. The van der Waals surface area contributed by atoms with Crippen molar-refractivity contribution in [1.29, 1.82) is 0 Å². The molecule has 0 bridgehead atoms. The second-order valence-electron chi connectivity index (χ2n) is 31.9. The number of ether oxygens (including phenoxy) is 4. The average Bonchev–Trinajstić information content (AvgIpc) is 0.906. The molecular weight excluding hydrogens is 1370 g/mol. The fourth-order valence-corrected chi connectivity index (χ4v) is 15.0. The lowest BCUT2D eigenvalue weighted by molar-refractivity contribution is -0.161. The van der Waals surface area contributed by atoms with Gasteiger partial charge in [0.1, 0.15) is 19.3 Å². The van der Waals surface area contributed by atoms with Crippen LogP contribution in [0.2, 0.25) is 0 Å². The standard InChI is InChI=1S/C86H168O17P2/c1-7-9-11-13-15-17-19-21-23-25-27-29-31-33-38-44-50-56-62-68-83(88)96-74-81(102-85(90)70-64-58-52-45-39-34-32-30-28-26-24-22-20-18-16-14-12-10-8-2)76-100-104(92,93)98-72-80(87)73-99-105(94,95)101-77-82(75-97-84(89)69-63-57-51-47-41-43-49-55-61-67-79(5)6)103-86(91)71-65-59-53-46-40-36-35-37-42-48-54-60-66-78(3)4/h78-82,87H,7-77H2,1-6H3,(H,92,93)(H,94,95)/t80-,81-,82-/m1/s1. The van der Waals surface area contributed by atoms with Gasteiger partial charge in [0.25, 0.3) is 0 Å². The number of unbranched alkanes of at least 4 members (excludes halogenated alkanes) is 55. The first-order valence-corrected chi connectivity index (χ1v) is 47.5. The van der Waals surface area contributed by atoms with Gasteiger partial charge in [0.05, 0.1) is 26.4 Å². The third-order valence-corrected chi connectivity index (χ3v) is 22.1. The van der Waals surface area contributed by atoms with E-state index in [2.05, 4.69) is 41.5 Å². The molecule has 0 amide bonds. The lowest BCUT2D eigenvalue weighted by Gasteiger charge is -2.21. The molecule has 2 unspecified atom stereocenters. The number of rotatable bonds is 85. The summed E-state index contributed by atoms with van der Waals surface area (Å²) in [6.07, 6.45) is 69.4. The predicted octanol–water partition coefficient (Wildman–Crippen LogP) is 26.2. The number of carbonyl (C=O) groups excluding carboxylic acids is 4. The van der Waals surface area contributed by atoms with Gasteiger partial charge in [0.2, 0.25) is 0 Å². The molecule has 0 aromatic carbocycles. The van der Waals surface area contributed by atoms with Crippen LogP contribution in [0.15, 0.2) is 0 Å². The Balaban J connectivity index is 5.25. The smallest absolute Gasteiger partial charge is 0.462 e. The molecule has 105 heavy (non-hydrogen) atoms. The van der Waals surface area contributed by atoms with Crippen molar-refractivity contribution in [2.45, 2.75) is 477 Å². The van der Waals surface area contributed by atoms with Crippen LogP contribution in [0.4, 0.5) is 0 Å². The molecule has 3 N–H and O–H groups in total. The number of carbonyl (C=O) groups is 4. The minimum absolute atomic E-state index is 0.107. The summed E-state index contributed by atoms with van der Waals surface area (Å²) in [7, 11) is -9.93. The molecule has 0 aromatic heterocycles. The highest BCUT2D eigenvalue weighted by molar-refractivity contribution is 7.47. The number of aliphatic hydroxyl groups is 1. The van der Waals surface area contributed by atoms with Gasteiger partial charge in [-0.2, -0.15) is 0 Å². The fourth-order valence-electron chi connectivity index (χ4n) is 13.4. The third-order valence-electron chi connectivity index (χ3n) is 20.2. The third kappa shape index (κ3) is 79.9. The van der Waals surface area contributed by atoms with Crippen molar-refractivity contribution in [3.63, 3.8) is 0 Å². The zero-order chi connectivity index (χ0) is 77.1. The lowest BCUT2D eigenvalue weighted by atomic mass is 10.0. The SMILES string of the molecule is CCCCCCCCCCCCCCCCCCCCCC(=O)OC[C@H](COP(=O)(O)OC[C@@H](O)COP(=O)(O)OC[C@@H](COC(=O)CCCCCCCCCCCC(C)C)OC(=O)CCCCCCCCCCCCCCC(C)C)OC(=O)CCCCCCCCCCCCCCCCCCCCC. The molecule has 0 aromatic rings. The van der Waals surface area contributed by atoms with Crippen LogP contribution in [-0.2, 0) is 65.4 Å². The molecule has 0 spiro atoms. The van der Waals surface area contributed by atoms with Crippen LogP contribution >= 0.6 is 15.6 Å². The summed E-state index contributed by atoms with van der Waals surface area (Å²) in [5.41, 5.74) is 0. The number of hydrogen-bond donors (Lipinski definition) is 3. The van der Waals surface area contributed by atoms with E-state index in [0.29, 0.717) is 25.7 Å². The summed E-state index contributed by atoms with van der Waals surface area (Å²) in [6.45, 7) is 9.66. The molecule has 0 rings (SSSR count). The summed E-state index contributed by atoms with van der Waals surface area (Å²) >= 11 is 0. The zero-order valence-electron chi connectivity index (χ0n) is 69.0. The molecule has 624 valence electrons. The lowest BCUT2D eigenvalue weighted by Crippen LogP contribution is -2.30. The first-order valence-electron chi connectivity index (χ1n) is 44.5. The molecule has 5 atom stereocenters. The van der Waals surface area contributed by atoms with E-state index in [-0.39, 0.29) is 25.7 Å². The predicted molar refractivity (Wildman–Crippen MR) is 432 cm³/mol. The van der Waals surface area contributed by atoms with Crippen molar-refractivity contribution in [3.8, 4) is 0 Å². The first-order chi connectivity index (χ1) is 50.9. The Kier molecular flexibility index (Phi) is 76.0. The van der Waals surface area contributed by atoms with E-state index in [1.165, 1.54) is 276 Å². The summed E-state index contributed by atoms with van der Waals surface area (Å²) < 4.78 is 68.9. The van der Waals surface area contributed by atoms with E-state index < -0.39 is 97.5 Å². The van der Waals surface area contributed by atoms with Gasteiger partial charge in [-0.1, -0.05) is 408 Å². The molecule has 0 fully saturated rings. The quantitative estimate of drug-likeness (QED) is 0.0222. The molecule has 0 aliphatic heterocycles. The monoisotopic (exact) mass is 1540 g/mol. The number of esters is 4. The second-order valence-corrected chi connectivity index (χ2v) is 34.8. The highest BCUT2D eigenvalue weighted by Gasteiger charge is 2.30. The highest BCUT2D eigenvalue weighted by atomic mass is 31.2. The van der Waals surface area contributed by atoms with E-state index >= 15 is 0 Å². The Hall–Kier alpha value is -1.94. The molecule has 0 saturated heterocycles. The van der Waals surface area contributed by atoms with Crippen molar-refractivity contribution < 1.29 is 80.2 Å². The van der Waals surface area contributed by atoms with Gasteiger partial charge in [0.15, 0.2) is 12.2 Å². The van der Waals surface area contributed by atoms with E-state index in [1.54, 1.807) is 0 Å². The van der Waals surface area contributed by atoms with Crippen molar-refractivity contribution >= 4 is 39.5 Å². The molecule has 17 nitrogen and oxygen atoms in total. The van der Waals surface area contributed by atoms with Gasteiger partial charge in [-0.25, -0.2) is 9.13 Å². The highest BCUT2D eigenvalue weighted by Crippen LogP contribution is 2.45. The second kappa shape index (κ2) is 77.4. The number of hydrogen-bond acceptors (Lipinski definition) is 15. The summed E-state index contributed by atoms with van der Waals surface area (Å²) in [4.78, 5) is 73.3. The summed E-state index contributed by atoms with van der Waals surface area (Å²) in [5.74, 6) is -0.582. The van der Waals surface area contributed by atoms with Crippen LogP contribution in [0.3, 0.4) is 0 Å². The summed E-state index contributed by atoms with van der Waals surface area (Å²) in [6, 6.07) is 0. The molecule has 0 radical (unpaired) electrons. The molecule has 0 aliphatic rings. The van der Waals surface area contributed by atoms with Gasteiger partial charge in [-0.05, 0) is 37.5 Å². The maximum absolute atomic E-state index is 13.1. The Morgan fingerprint density at radius 1 is 0.257 bits per heavy atom. The van der Waals surface area contributed by atoms with Gasteiger partial charge < -0.3 is 33.8 Å². The minimum Gasteiger partial charge on any atom is -0.462 e. The van der Waals surface area contributed by atoms with Gasteiger partial charge in [-0.15, -0.1) is 0 Å². The maximum atomic E-state index is 13.1. The van der Waals surface area contributed by atoms with Crippen molar-refractivity contribution in [1.82, 2.24) is 0 Å². The van der Waals surface area contributed by atoms with Crippen LogP contribution in [0.25, 0.3) is 0 Å². The van der Waals surface area contributed by atoms with E-state index in [9.17, 15) is 43.2 Å². The molecule has 0 aliphatic carbocycles. The molecular formula is C86H168O17P2. The van der Waals surface area contributed by atoms with Crippen LogP contribution < -0.4 is 0 Å². The largest absolute Gasteiger partial charge is 0.472 e. The van der Waals surface area contributed by atoms with Gasteiger partial charge in [-0.3, -0.25) is 37.3 Å². The Labute approximate surface area is 645 Å². The van der Waals surface area contributed by atoms with Crippen molar-refractivity contribution in [2.75, 3.05) is 39.6 Å². The van der Waals surface area contributed by atoms with Crippen LogP contribution in [-0.4, -0.2) is 96.7 Å². The normalized spacial score (nSPS) is 13.8. The number of aliphatic hydroxyl groups excluding tert-OH is 1. The molecule has 19 heteroatoms. The molecule has 0 heterocycles. The van der Waals surface area contributed by atoms with E-state index in [0.717, 1.165) is 102 Å². The van der Waals surface area contributed by atoms with Crippen LogP contribution in [0.1, 0.15) is 459 Å². The van der Waals surface area contributed by atoms with Gasteiger partial charge >= 0.3 is 39.5 Å². The van der Waals surface area contributed by atoms with Crippen molar-refractivity contribution in [2.24, 2.45) is 11.8 Å². The van der Waals surface area contributed by atoms with Crippen molar-refractivity contribution in [3.05, 3.63) is 0 Å². The Morgan fingerprint density at radius 2 is 0.438 bits per heavy atom. The van der Waals surface area contributed by atoms with Crippen LogP contribution in [0, 0.1) is 11.8 Å². The fraction of sp³-hybridized carbons (Fsp3) is 0.953. The van der Waals surface area contributed by atoms with Gasteiger partial charge in [0, 0.05) is 25.7 Å². The van der Waals surface area contributed by atoms with E-state index in [4.69, 9.17) is 37.0 Å². The zero-order valence-corrected chi connectivity index (χ0v) is 70.8. The van der Waals surface area contributed by atoms with E-state index in [1.807, 2.05) is 0 Å². The maximum Gasteiger partial charge on any atom is 0.472 e. The minimum atomic E-state index is -4.97.